The van der Waals surface area contributed by atoms with Crippen molar-refractivity contribution in [2.24, 2.45) is 0 Å². The number of sulfone groups is 1. The Kier molecular flexibility index (Phi) is 4.24. The van der Waals surface area contributed by atoms with Crippen LogP contribution >= 0.6 is 0 Å². The molecule has 1 aliphatic heterocycles. The van der Waals surface area contributed by atoms with Gasteiger partial charge in [-0.3, -0.25) is 0 Å². The maximum absolute atomic E-state index is 11.6. The third kappa shape index (κ3) is 4.05. The first-order chi connectivity index (χ1) is 8.98. The zero-order valence-electron chi connectivity index (χ0n) is 11.2. The number of hydrogen-bond donors (Lipinski definition) is 1. The lowest BCUT2D eigenvalue weighted by Crippen LogP contribution is -2.35. The molecule has 1 saturated heterocycles. The van der Waals surface area contributed by atoms with E-state index < -0.39 is 9.84 Å². The Balaban J connectivity index is 2.10. The molecule has 1 aromatic rings. The van der Waals surface area contributed by atoms with Gasteiger partial charge in [-0.1, -0.05) is 0 Å². The maximum atomic E-state index is 11.6. The Labute approximate surface area is 113 Å². The van der Waals surface area contributed by atoms with E-state index in [1.54, 1.807) is 6.07 Å². The van der Waals surface area contributed by atoms with Crippen molar-refractivity contribution in [3.05, 3.63) is 11.8 Å². The molecule has 0 radical (unpaired) electrons. The summed E-state index contributed by atoms with van der Waals surface area (Å²) in [6.07, 6.45) is 1.50. The van der Waals surface area contributed by atoms with Crippen molar-refractivity contribution in [1.29, 1.82) is 0 Å². The molecule has 1 atom stereocenters. The van der Waals surface area contributed by atoms with Crippen LogP contribution in [-0.4, -0.2) is 42.5 Å². The summed E-state index contributed by atoms with van der Waals surface area (Å²) in [6, 6.07) is 1.64. The topological polar surface area (TPSA) is 81.2 Å². The molecule has 1 unspecified atom stereocenters. The molecule has 1 aliphatic rings. The van der Waals surface area contributed by atoms with Crippen molar-refractivity contribution >= 4 is 15.8 Å². The van der Waals surface area contributed by atoms with Crippen molar-refractivity contribution in [1.82, 2.24) is 9.97 Å². The standard InChI is InChI=1S/C12H19N3O3S/c1-3-18-11-7-9(2)13-12(15-11)14-10-5-4-6-19(16,17)8-10/h7,10H,3-6,8H2,1-2H3,(H,13,14,15). The molecule has 106 valence electrons. The predicted octanol–water partition coefficient (Wildman–Crippen LogP) is 1.17. The Morgan fingerprint density at radius 2 is 2.26 bits per heavy atom. The van der Waals surface area contributed by atoms with Crippen LogP contribution in [0.5, 0.6) is 5.88 Å². The number of hydrogen-bond acceptors (Lipinski definition) is 6. The maximum Gasteiger partial charge on any atom is 0.226 e. The number of aryl methyl sites for hydroxylation is 1. The Hall–Kier alpha value is -1.37. The van der Waals surface area contributed by atoms with E-state index in [0.717, 1.165) is 12.1 Å². The van der Waals surface area contributed by atoms with Crippen molar-refractivity contribution in [3.63, 3.8) is 0 Å². The Morgan fingerprint density at radius 3 is 2.95 bits per heavy atom. The number of nitrogens with zero attached hydrogens (tertiary/aromatic N) is 2. The fraction of sp³-hybridized carbons (Fsp3) is 0.667. The van der Waals surface area contributed by atoms with Crippen molar-refractivity contribution < 1.29 is 13.2 Å². The minimum absolute atomic E-state index is 0.116. The average Bonchev–Trinajstić information content (AvgIpc) is 2.26. The molecule has 19 heavy (non-hydrogen) atoms. The van der Waals surface area contributed by atoms with Gasteiger partial charge in [-0.25, -0.2) is 13.4 Å². The third-order valence-corrected chi connectivity index (χ3v) is 4.74. The second-order valence-electron chi connectivity index (χ2n) is 4.70. The smallest absolute Gasteiger partial charge is 0.226 e. The summed E-state index contributed by atoms with van der Waals surface area (Å²) in [6.45, 7) is 4.28. The summed E-state index contributed by atoms with van der Waals surface area (Å²) >= 11 is 0. The van der Waals surface area contributed by atoms with Crippen LogP contribution in [0.2, 0.25) is 0 Å². The van der Waals surface area contributed by atoms with Crippen LogP contribution in [0.3, 0.4) is 0 Å². The molecule has 6 nitrogen and oxygen atoms in total. The van der Waals surface area contributed by atoms with Gasteiger partial charge in [0.25, 0.3) is 0 Å². The lowest BCUT2D eigenvalue weighted by atomic mass is 10.2. The molecule has 0 bridgehead atoms. The van der Waals surface area contributed by atoms with E-state index in [1.807, 2.05) is 13.8 Å². The molecule has 0 amide bonds. The molecule has 0 aliphatic carbocycles. The second-order valence-corrected chi connectivity index (χ2v) is 6.93. The highest BCUT2D eigenvalue weighted by atomic mass is 32.2. The highest BCUT2D eigenvalue weighted by molar-refractivity contribution is 7.91. The van der Waals surface area contributed by atoms with Crippen LogP contribution in [0.4, 0.5) is 5.95 Å². The Bertz CT molecular complexity index is 545. The summed E-state index contributed by atoms with van der Waals surface area (Å²) < 4.78 is 28.5. The number of anilines is 1. The minimum Gasteiger partial charge on any atom is -0.478 e. The van der Waals surface area contributed by atoms with E-state index >= 15 is 0 Å². The van der Waals surface area contributed by atoms with E-state index in [4.69, 9.17) is 4.74 Å². The molecule has 1 fully saturated rings. The van der Waals surface area contributed by atoms with Crippen LogP contribution < -0.4 is 10.1 Å². The highest BCUT2D eigenvalue weighted by Crippen LogP contribution is 2.17. The fourth-order valence-electron chi connectivity index (χ4n) is 2.15. The molecular weight excluding hydrogens is 266 g/mol. The van der Waals surface area contributed by atoms with Gasteiger partial charge in [0.05, 0.1) is 18.1 Å². The predicted molar refractivity (Wildman–Crippen MR) is 73.2 cm³/mol. The molecule has 1 N–H and O–H groups in total. The quantitative estimate of drug-likeness (QED) is 0.894. The molecule has 0 saturated carbocycles. The molecule has 0 spiro atoms. The lowest BCUT2D eigenvalue weighted by Gasteiger charge is -2.23. The largest absolute Gasteiger partial charge is 0.478 e. The number of ether oxygens (including phenoxy) is 1. The van der Waals surface area contributed by atoms with Crippen LogP contribution in [-0.2, 0) is 9.84 Å². The molecule has 1 aromatic heterocycles. The highest BCUT2D eigenvalue weighted by Gasteiger charge is 2.25. The summed E-state index contributed by atoms with van der Waals surface area (Å²) in [4.78, 5) is 8.49. The monoisotopic (exact) mass is 285 g/mol. The van der Waals surface area contributed by atoms with Crippen LogP contribution in [0.25, 0.3) is 0 Å². The van der Waals surface area contributed by atoms with Crippen LogP contribution in [0.1, 0.15) is 25.5 Å². The van der Waals surface area contributed by atoms with E-state index in [0.29, 0.717) is 24.9 Å². The minimum atomic E-state index is -2.93. The van der Waals surface area contributed by atoms with E-state index in [9.17, 15) is 8.42 Å². The van der Waals surface area contributed by atoms with Crippen LogP contribution in [0.15, 0.2) is 6.07 Å². The van der Waals surface area contributed by atoms with Gasteiger partial charge < -0.3 is 10.1 Å². The Morgan fingerprint density at radius 1 is 1.47 bits per heavy atom. The number of rotatable bonds is 4. The van der Waals surface area contributed by atoms with Gasteiger partial charge in [0.15, 0.2) is 9.84 Å². The lowest BCUT2D eigenvalue weighted by molar-refractivity contribution is 0.326. The zero-order chi connectivity index (χ0) is 13.9. The van der Waals surface area contributed by atoms with E-state index in [1.165, 1.54) is 0 Å². The van der Waals surface area contributed by atoms with E-state index in [-0.39, 0.29) is 17.5 Å². The van der Waals surface area contributed by atoms with Gasteiger partial charge in [0, 0.05) is 17.8 Å². The van der Waals surface area contributed by atoms with Gasteiger partial charge in [-0.15, -0.1) is 0 Å². The number of nitrogens with one attached hydrogen (secondary N) is 1. The molecule has 2 heterocycles. The van der Waals surface area contributed by atoms with Gasteiger partial charge in [-0.05, 0) is 26.7 Å². The second kappa shape index (κ2) is 5.73. The molecule has 2 rings (SSSR count). The molecule has 0 aromatic carbocycles. The van der Waals surface area contributed by atoms with Gasteiger partial charge in [0.1, 0.15) is 0 Å². The third-order valence-electron chi connectivity index (χ3n) is 2.92. The summed E-state index contributed by atoms with van der Waals surface area (Å²) in [5.74, 6) is 1.37. The van der Waals surface area contributed by atoms with Gasteiger partial charge in [0.2, 0.25) is 11.8 Å². The van der Waals surface area contributed by atoms with Crippen molar-refractivity contribution in [2.75, 3.05) is 23.4 Å². The first kappa shape index (κ1) is 14.0. The first-order valence-electron chi connectivity index (χ1n) is 6.44. The van der Waals surface area contributed by atoms with Crippen molar-refractivity contribution in [2.45, 2.75) is 32.7 Å². The summed E-state index contributed by atoms with van der Waals surface area (Å²) in [5, 5.41) is 3.09. The van der Waals surface area contributed by atoms with E-state index in [2.05, 4.69) is 15.3 Å². The summed E-state index contributed by atoms with van der Waals surface area (Å²) in [5.41, 5.74) is 0.791. The van der Waals surface area contributed by atoms with Gasteiger partial charge in [-0.2, -0.15) is 4.98 Å². The summed E-state index contributed by atoms with van der Waals surface area (Å²) in [7, 11) is -2.93. The number of aromatic nitrogens is 2. The molecule has 7 heteroatoms. The average molecular weight is 285 g/mol. The van der Waals surface area contributed by atoms with Crippen molar-refractivity contribution in [3.8, 4) is 5.88 Å². The van der Waals surface area contributed by atoms with Crippen LogP contribution in [0, 0.1) is 6.92 Å². The first-order valence-corrected chi connectivity index (χ1v) is 8.26. The zero-order valence-corrected chi connectivity index (χ0v) is 12.0. The SMILES string of the molecule is CCOc1cc(C)nc(NC2CCCS(=O)(=O)C2)n1. The van der Waals surface area contributed by atoms with Gasteiger partial charge >= 0.3 is 0 Å². The fourth-order valence-corrected chi connectivity index (χ4v) is 3.78. The molecular formula is C12H19N3O3S. The normalized spacial score (nSPS) is 21.9.